The number of benzene rings is 2. The van der Waals surface area contributed by atoms with E-state index < -0.39 is 10.0 Å². The van der Waals surface area contributed by atoms with E-state index in [0.717, 1.165) is 6.42 Å². The van der Waals surface area contributed by atoms with Crippen LogP contribution in [0, 0.1) is 0 Å². The molecule has 164 valence electrons. The van der Waals surface area contributed by atoms with E-state index in [1.807, 2.05) is 12.1 Å². The third-order valence-corrected chi connectivity index (χ3v) is 7.24. The average Bonchev–Trinajstić information content (AvgIpc) is 3.19. The Morgan fingerprint density at radius 2 is 1.77 bits per heavy atom. The van der Waals surface area contributed by atoms with Crippen molar-refractivity contribution in [1.82, 2.24) is 4.31 Å². The Labute approximate surface area is 183 Å². The molecule has 1 heterocycles. The summed E-state index contributed by atoms with van der Waals surface area (Å²) in [6.45, 7) is 5.06. The number of hydrogen-bond acceptors (Lipinski definition) is 4. The van der Waals surface area contributed by atoms with Crippen molar-refractivity contribution >= 4 is 39.3 Å². The van der Waals surface area contributed by atoms with Crippen molar-refractivity contribution in [3.63, 3.8) is 0 Å². The zero-order chi connectivity index (χ0) is 22.4. The summed E-state index contributed by atoms with van der Waals surface area (Å²) in [5.41, 5.74) is 1.97. The second-order valence-electron chi connectivity index (χ2n) is 7.15. The van der Waals surface area contributed by atoms with E-state index in [1.165, 1.54) is 10.4 Å². The van der Waals surface area contributed by atoms with Gasteiger partial charge in [0.05, 0.1) is 16.3 Å². The lowest BCUT2D eigenvalue weighted by molar-refractivity contribution is -0.117. The molecule has 0 unspecified atom stereocenters. The molecule has 0 bridgehead atoms. The number of nitrogens with one attached hydrogen (secondary N) is 1. The largest absolute Gasteiger partial charge is 0.321 e. The number of hydrogen-bond donors (Lipinski definition) is 1. The molecule has 1 aliphatic rings. The van der Waals surface area contributed by atoms with Gasteiger partial charge in [-0.05, 0) is 42.3 Å². The van der Waals surface area contributed by atoms with Crippen LogP contribution in [0.3, 0.4) is 0 Å². The highest BCUT2D eigenvalue weighted by Crippen LogP contribution is 2.29. The van der Waals surface area contributed by atoms with Crippen LogP contribution in [0.15, 0.2) is 59.5 Å². The molecule has 31 heavy (non-hydrogen) atoms. The second-order valence-corrected chi connectivity index (χ2v) is 9.08. The highest BCUT2D eigenvalue weighted by atomic mass is 32.2. The summed E-state index contributed by atoms with van der Waals surface area (Å²) in [7, 11) is -3.51. The summed E-state index contributed by atoms with van der Waals surface area (Å²) in [6, 6.07) is 13.6. The van der Waals surface area contributed by atoms with Crippen molar-refractivity contribution in [1.29, 1.82) is 0 Å². The molecule has 7 nitrogen and oxygen atoms in total. The molecule has 3 rings (SSSR count). The molecule has 0 radical (unpaired) electrons. The fraction of sp³-hybridized carbons (Fsp3) is 0.304. The smallest absolute Gasteiger partial charge is 0.248 e. The van der Waals surface area contributed by atoms with E-state index >= 15 is 0 Å². The Morgan fingerprint density at radius 1 is 1.10 bits per heavy atom. The van der Waals surface area contributed by atoms with Crippen molar-refractivity contribution < 1.29 is 18.0 Å². The Kier molecular flexibility index (Phi) is 7.25. The standard InChI is InChI=1S/C23H27N3O4S/c1-3-25(4-2)31(29,30)19-14-11-18(12-15-19)13-16-22(27)24-20-8-5-6-9-21(20)26-17-7-10-23(26)28/h5-6,8-9,11-16H,3-4,7,10,17H2,1-2H3,(H,24,27)/b16-13+. The first-order chi connectivity index (χ1) is 14.9. The number of carbonyl (C=O) groups excluding carboxylic acids is 2. The molecule has 8 heteroatoms. The first kappa shape index (κ1) is 22.7. The van der Waals surface area contributed by atoms with Crippen LogP contribution < -0.4 is 10.2 Å². The fourth-order valence-corrected chi connectivity index (χ4v) is 4.99. The van der Waals surface area contributed by atoms with Gasteiger partial charge in [-0.3, -0.25) is 9.59 Å². The van der Waals surface area contributed by atoms with Gasteiger partial charge in [0.2, 0.25) is 21.8 Å². The molecule has 1 N–H and O–H groups in total. The minimum absolute atomic E-state index is 0.0528. The summed E-state index contributed by atoms with van der Waals surface area (Å²) >= 11 is 0. The Bertz CT molecular complexity index is 1070. The van der Waals surface area contributed by atoms with Crippen LogP contribution in [-0.4, -0.2) is 44.2 Å². The van der Waals surface area contributed by atoms with Gasteiger partial charge in [-0.1, -0.05) is 38.1 Å². The van der Waals surface area contributed by atoms with Crippen molar-refractivity contribution in [2.75, 3.05) is 29.9 Å². The van der Waals surface area contributed by atoms with Crippen LogP contribution in [0.2, 0.25) is 0 Å². The molecule has 0 aromatic heterocycles. The topological polar surface area (TPSA) is 86.8 Å². The minimum Gasteiger partial charge on any atom is -0.321 e. The van der Waals surface area contributed by atoms with Crippen LogP contribution in [-0.2, 0) is 19.6 Å². The van der Waals surface area contributed by atoms with Gasteiger partial charge in [0.15, 0.2) is 0 Å². The first-order valence-electron chi connectivity index (χ1n) is 10.4. The maximum atomic E-state index is 12.6. The number of carbonyl (C=O) groups is 2. The molecule has 0 aliphatic carbocycles. The van der Waals surface area contributed by atoms with E-state index in [1.54, 1.807) is 61.2 Å². The zero-order valence-electron chi connectivity index (χ0n) is 17.7. The SMILES string of the molecule is CCN(CC)S(=O)(=O)c1ccc(/C=C/C(=O)Nc2ccccc2N2CCCC2=O)cc1. The fourth-order valence-electron chi connectivity index (χ4n) is 3.53. The van der Waals surface area contributed by atoms with Crippen LogP contribution in [0.1, 0.15) is 32.3 Å². The molecular weight excluding hydrogens is 414 g/mol. The zero-order valence-corrected chi connectivity index (χ0v) is 18.6. The van der Waals surface area contributed by atoms with E-state index in [9.17, 15) is 18.0 Å². The first-order valence-corrected chi connectivity index (χ1v) is 11.8. The molecule has 1 aliphatic heterocycles. The van der Waals surface area contributed by atoms with E-state index in [4.69, 9.17) is 0 Å². The molecular formula is C23H27N3O4S. The molecule has 2 amide bonds. The second kappa shape index (κ2) is 9.89. The van der Waals surface area contributed by atoms with Gasteiger partial charge in [0.1, 0.15) is 0 Å². The number of sulfonamides is 1. The lowest BCUT2D eigenvalue weighted by Crippen LogP contribution is -2.30. The number of nitrogens with zero attached hydrogens (tertiary/aromatic N) is 2. The van der Waals surface area contributed by atoms with Crippen molar-refractivity contribution in [3.05, 3.63) is 60.2 Å². The van der Waals surface area contributed by atoms with Gasteiger partial charge < -0.3 is 10.2 Å². The van der Waals surface area contributed by atoms with E-state index in [-0.39, 0.29) is 16.7 Å². The average molecular weight is 442 g/mol. The monoisotopic (exact) mass is 441 g/mol. The summed E-state index contributed by atoms with van der Waals surface area (Å²) in [6.07, 6.45) is 4.33. The van der Waals surface area contributed by atoms with Crippen LogP contribution in [0.4, 0.5) is 11.4 Å². The third kappa shape index (κ3) is 5.21. The molecule has 0 spiro atoms. The predicted molar refractivity (Wildman–Crippen MR) is 122 cm³/mol. The van der Waals surface area contributed by atoms with Gasteiger partial charge in [0.25, 0.3) is 0 Å². The van der Waals surface area contributed by atoms with E-state index in [2.05, 4.69) is 5.32 Å². The van der Waals surface area contributed by atoms with Gasteiger partial charge in [-0.25, -0.2) is 8.42 Å². The highest BCUT2D eigenvalue weighted by molar-refractivity contribution is 7.89. The maximum Gasteiger partial charge on any atom is 0.248 e. The third-order valence-electron chi connectivity index (χ3n) is 5.18. The number of amides is 2. The normalized spacial score (nSPS) is 14.5. The molecule has 2 aromatic carbocycles. The summed E-state index contributed by atoms with van der Waals surface area (Å²) in [5.74, 6) is -0.282. The quantitative estimate of drug-likeness (QED) is 0.635. The Hall–Kier alpha value is -2.97. The summed E-state index contributed by atoms with van der Waals surface area (Å²) in [4.78, 5) is 26.4. The van der Waals surface area contributed by atoms with Crippen molar-refractivity contribution in [3.8, 4) is 0 Å². The van der Waals surface area contributed by atoms with Crippen molar-refractivity contribution in [2.45, 2.75) is 31.6 Å². The van der Waals surface area contributed by atoms with Gasteiger partial charge in [0, 0.05) is 32.1 Å². The summed E-state index contributed by atoms with van der Waals surface area (Å²) in [5, 5.41) is 2.82. The van der Waals surface area contributed by atoms with Gasteiger partial charge >= 0.3 is 0 Å². The highest BCUT2D eigenvalue weighted by Gasteiger charge is 2.24. The van der Waals surface area contributed by atoms with Crippen LogP contribution in [0.5, 0.6) is 0 Å². The van der Waals surface area contributed by atoms with Crippen molar-refractivity contribution in [2.24, 2.45) is 0 Å². The number of para-hydroxylation sites is 2. The lowest BCUT2D eigenvalue weighted by Gasteiger charge is -2.19. The minimum atomic E-state index is -3.51. The molecule has 1 saturated heterocycles. The lowest BCUT2D eigenvalue weighted by atomic mass is 10.2. The number of rotatable bonds is 8. The maximum absolute atomic E-state index is 12.6. The number of anilines is 2. The van der Waals surface area contributed by atoms with Crippen LogP contribution in [0.25, 0.3) is 6.08 Å². The van der Waals surface area contributed by atoms with Gasteiger partial charge in [-0.15, -0.1) is 0 Å². The Morgan fingerprint density at radius 3 is 2.39 bits per heavy atom. The van der Waals surface area contributed by atoms with E-state index in [0.29, 0.717) is 43.0 Å². The molecule has 0 saturated carbocycles. The Balaban J connectivity index is 1.70. The van der Waals surface area contributed by atoms with Crippen LogP contribution >= 0.6 is 0 Å². The predicted octanol–water partition coefficient (Wildman–Crippen LogP) is 3.50. The molecule has 1 fully saturated rings. The molecule has 0 atom stereocenters. The van der Waals surface area contributed by atoms with Gasteiger partial charge in [-0.2, -0.15) is 4.31 Å². The summed E-state index contributed by atoms with van der Waals surface area (Å²) < 4.78 is 26.5. The molecule has 2 aromatic rings.